The average molecular weight is 273 g/mol. The third kappa shape index (κ3) is 2.90. The summed E-state index contributed by atoms with van der Waals surface area (Å²) in [4.78, 5) is 22.7. The van der Waals surface area contributed by atoms with Gasteiger partial charge in [0.05, 0.1) is 10.0 Å². The van der Waals surface area contributed by atoms with Crippen LogP contribution in [0.4, 0.5) is 5.69 Å². The van der Waals surface area contributed by atoms with Crippen LogP contribution in [0.3, 0.4) is 0 Å². The SMILES string of the molecule is O=C1CC[C@@H](C(=O)Nc2ccc(Cl)c(Cl)c2)N1. The lowest BCUT2D eigenvalue weighted by Gasteiger charge is -2.11. The normalized spacial score (nSPS) is 18.9. The summed E-state index contributed by atoms with van der Waals surface area (Å²) in [5, 5.41) is 6.07. The van der Waals surface area contributed by atoms with Gasteiger partial charge in [-0.1, -0.05) is 23.2 Å². The molecule has 1 saturated heterocycles. The van der Waals surface area contributed by atoms with Crippen LogP contribution in [-0.4, -0.2) is 17.9 Å². The van der Waals surface area contributed by atoms with Crippen LogP contribution in [-0.2, 0) is 9.59 Å². The van der Waals surface area contributed by atoms with Crippen LogP contribution in [0.15, 0.2) is 18.2 Å². The Balaban J connectivity index is 2.03. The van der Waals surface area contributed by atoms with Crippen molar-refractivity contribution in [2.75, 3.05) is 5.32 Å². The van der Waals surface area contributed by atoms with Gasteiger partial charge in [-0.05, 0) is 24.6 Å². The Morgan fingerprint density at radius 3 is 2.71 bits per heavy atom. The molecule has 0 saturated carbocycles. The molecule has 0 spiro atoms. The van der Waals surface area contributed by atoms with Crippen molar-refractivity contribution in [1.29, 1.82) is 0 Å². The van der Waals surface area contributed by atoms with E-state index in [1.54, 1.807) is 18.2 Å². The van der Waals surface area contributed by atoms with Crippen LogP contribution in [0, 0.1) is 0 Å². The molecule has 2 rings (SSSR count). The van der Waals surface area contributed by atoms with Crippen molar-refractivity contribution in [1.82, 2.24) is 5.32 Å². The highest BCUT2D eigenvalue weighted by Gasteiger charge is 2.27. The molecule has 0 aromatic heterocycles. The van der Waals surface area contributed by atoms with E-state index in [2.05, 4.69) is 10.6 Å². The number of hydrogen-bond acceptors (Lipinski definition) is 2. The molecule has 2 N–H and O–H groups in total. The van der Waals surface area contributed by atoms with Gasteiger partial charge in [0.2, 0.25) is 11.8 Å². The summed E-state index contributed by atoms with van der Waals surface area (Å²) >= 11 is 11.6. The molecule has 0 aliphatic carbocycles. The number of carbonyl (C=O) groups is 2. The Hall–Kier alpha value is -1.26. The van der Waals surface area contributed by atoms with Crippen LogP contribution in [0.5, 0.6) is 0 Å². The predicted molar refractivity (Wildman–Crippen MR) is 66.3 cm³/mol. The van der Waals surface area contributed by atoms with Gasteiger partial charge in [0.1, 0.15) is 6.04 Å². The Bertz CT molecular complexity index is 477. The van der Waals surface area contributed by atoms with E-state index in [4.69, 9.17) is 23.2 Å². The largest absolute Gasteiger partial charge is 0.344 e. The van der Waals surface area contributed by atoms with Gasteiger partial charge in [0.25, 0.3) is 0 Å². The molecule has 0 unspecified atom stereocenters. The molecule has 1 aromatic rings. The number of rotatable bonds is 2. The first-order valence-electron chi connectivity index (χ1n) is 5.11. The molecule has 90 valence electrons. The number of carbonyl (C=O) groups excluding carboxylic acids is 2. The third-order valence-corrected chi connectivity index (χ3v) is 3.24. The maximum Gasteiger partial charge on any atom is 0.246 e. The van der Waals surface area contributed by atoms with Crippen molar-refractivity contribution in [3.8, 4) is 0 Å². The highest BCUT2D eigenvalue weighted by Crippen LogP contribution is 2.25. The summed E-state index contributed by atoms with van der Waals surface area (Å²) in [6, 6.07) is 4.37. The molecule has 17 heavy (non-hydrogen) atoms. The van der Waals surface area contributed by atoms with E-state index >= 15 is 0 Å². The van der Waals surface area contributed by atoms with E-state index in [0.717, 1.165) is 0 Å². The van der Waals surface area contributed by atoms with E-state index in [1.807, 2.05) is 0 Å². The Labute approximate surface area is 108 Å². The van der Waals surface area contributed by atoms with Crippen LogP contribution < -0.4 is 10.6 Å². The minimum absolute atomic E-state index is 0.0979. The van der Waals surface area contributed by atoms with E-state index in [1.165, 1.54) is 0 Å². The number of anilines is 1. The first kappa shape index (κ1) is 12.2. The van der Waals surface area contributed by atoms with Gasteiger partial charge in [-0.25, -0.2) is 0 Å². The number of halogens is 2. The molecule has 6 heteroatoms. The number of benzene rings is 1. The Kier molecular flexibility index (Phi) is 3.54. The van der Waals surface area contributed by atoms with Gasteiger partial charge in [0, 0.05) is 12.1 Å². The molecule has 1 fully saturated rings. The van der Waals surface area contributed by atoms with Gasteiger partial charge < -0.3 is 10.6 Å². The van der Waals surface area contributed by atoms with Crippen molar-refractivity contribution in [2.45, 2.75) is 18.9 Å². The van der Waals surface area contributed by atoms with Crippen molar-refractivity contribution < 1.29 is 9.59 Å². The molecule has 1 aliphatic heterocycles. The smallest absolute Gasteiger partial charge is 0.246 e. The fraction of sp³-hybridized carbons (Fsp3) is 0.273. The van der Waals surface area contributed by atoms with Gasteiger partial charge >= 0.3 is 0 Å². The maximum atomic E-state index is 11.8. The third-order valence-electron chi connectivity index (χ3n) is 2.50. The predicted octanol–water partition coefficient (Wildman–Crippen LogP) is 2.21. The topological polar surface area (TPSA) is 58.2 Å². The summed E-state index contributed by atoms with van der Waals surface area (Å²) in [6.45, 7) is 0. The van der Waals surface area contributed by atoms with Crippen LogP contribution in [0.25, 0.3) is 0 Å². The van der Waals surface area contributed by atoms with E-state index in [-0.39, 0.29) is 11.8 Å². The van der Waals surface area contributed by atoms with Crippen LogP contribution in [0.2, 0.25) is 10.0 Å². The molecule has 1 heterocycles. The minimum atomic E-state index is -0.461. The van der Waals surface area contributed by atoms with Gasteiger partial charge in [-0.15, -0.1) is 0 Å². The molecule has 0 bridgehead atoms. The molecule has 1 atom stereocenters. The summed E-state index contributed by atoms with van der Waals surface area (Å²) in [7, 11) is 0. The number of nitrogens with one attached hydrogen (secondary N) is 2. The fourth-order valence-electron chi connectivity index (χ4n) is 1.61. The molecular formula is C11H10Cl2N2O2. The summed E-state index contributed by atoms with van der Waals surface area (Å²) in [6.07, 6.45) is 0.908. The van der Waals surface area contributed by atoms with Gasteiger partial charge in [-0.3, -0.25) is 9.59 Å². The minimum Gasteiger partial charge on any atom is -0.344 e. The zero-order chi connectivity index (χ0) is 12.4. The zero-order valence-electron chi connectivity index (χ0n) is 8.80. The molecule has 1 aliphatic rings. The zero-order valence-corrected chi connectivity index (χ0v) is 10.3. The molecule has 4 nitrogen and oxygen atoms in total. The van der Waals surface area contributed by atoms with Crippen molar-refractivity contribution in [2.24, 2.45) is 0 Å². The molecule has 2 amide bonds. The lowest BCUT2D eigenvalue weighted by Crippen LogP contribution is -2.37. The first-order chi connectivity index (χ1) is 8.06. The highest BCUT2D eigenvalue weighted by atomic mass is 35.5. The maximum absolute atomic E-state index is 11.8. The van der Waals surface area contributed by atoms with E-state index in [0.29, 0.717) is 28.6 Å². The standard InChI is InChI=1S/C11H10Cl2N2O2/c12-7-2-1-6(5-8(7)13)14-11(17)9-3-4-10(16)15-9/h1-2,5,9H,3-4H2,(H,14,17)(H,15,16)/t9-/m0/s1. The van der Waals surface area contributed by atoms with Crippen LogP contribution >= 0.6 is 23.2 Å². The van der Waals surface area contributed by atoms with E-state index in [9.17, 15) is 9.59 Å². The second kappa shape index (κ2) is 4.94. The van der Waals surface area contributed by atoms with E-state index < -0.39 is 6.04 Å². The lowest BCUT2D eigenvalue weighted by atomic mass is 10.2. The van der Waals surface area contributed by atoms with Gasteiger partial charge in [0.15, 0.2) is 0 Å². The summed E-state index contributed by atoms with van der Waals surface area (Å²) < 4.78 is 0. The highest BCUT2D eigenvalue weighted by molar-refractivity contribution is 6.42. The summed E-state index contributed by atoms with van der Waals surface area (Å²) in [5.41, 5.74) is 0.561. The fourth-order valence-corrected chi connectivity index (χ4v) is 1.91. The number of hydrogen-bond donors (Lipinski definition) is 2. The second-order valence-corrected chi connectivity index (χ2v) is 4.59. The molecule has 0 radical (unpaired) electrons. The van der Waals surface area contributed by atoms with Crippen molar-refractivity contribution in [3.63, 3.8) is 0 Å². The van der Waals surface area contributed by atoms with Gasteiger partial charge in [-0.2, -0.15) is 0 Å². The Morgan fingerprint density at radius 1 is 1.35 bits per heavy atom. The first-order valence-corrected chi connectivity index (χ1v) is 5.87. The Morgan fingerprint density at radius 2 is 2.12 bits per heavy atom. The quantitative estimate of drug-likeness (QED) is 0.867. The molecular weight excluding hydrogens is 263 g/mol. The summed E-state index contributed by atoms with van der Waals surface area (Å²) in [5.74, 6) is -0.339. The number of amides is 2. The average Bonchev–Trinajstić information content (AvgIpc) is 2.70. The van der Waals surface area contributed by atoms with Crippen molar-refractivity contribution >= 4 is 40.7 Å². The monoisotopic (exact) mass is 272 g/mol. The molecule has 1 aromatic carbocycles. The second-order valence-electron chi connectivity index (χ2n) is 3.78. The van der Waals surface area contributed by atoms with Crippen LogP contribution in [0.1, 0.15) is 12.8 Å². The van der Waals surface area contributed by atoms with Crippen molar-refractivity contribution in [3.05, 3.63) is 28.2 Å². The lowest BCUT2D eigenvalue weighted by molar-refractivity contribution is -0.122.